The normalized spacial score (nSPS) is 17.7. The smallest absolute Gasteiger partial charge is 0.146 e. The van der Waals surface area contributed by atoms with Gasteiger partial charge in [-0.05, 0) is 25.4 Å². The van der Waals surface area contributed by atoms with Crippen LogP contribution in [0.5, 0.6) is 0 Å². The van der Waals surface area contributed by atoms with Crippen molar-refractivity contribution in [1.82, 2.24) is 19.8 Å². The summed E-state index contributed by atoms with van der Waals surface area (Å²) in [5, 5.41) is 6.57. The average Bonchev–Trinajstić information content (AvgIpc) is 2.90. The molecule has 0 aromatic carbocycles. The highest BCUT2D eigenvalue weighted by Gasteiger charge is 2.16. The summed E-state index contributed by atoms with van der Waals surface area (Å²) in [5.41, 5.74) is 0. The van der Waals surface area contributed by atoms with Gasteiger partial charge in [0.25, 0.3) is 0 Å². The number of nitrogens with zero attached hydrogens (tertiary/aromatic N) is 4. The van der Waals surface area contributed by atoms with E-state index in [0.29, 0.717) is 0 Å². The minimum atomic E-state index is 0.847. The van der Waals surface area contributed by atoms with Crippen LogP contribution in [0, 0.1) is 0 Å². The fraction of sp³-hybridized carbons (Fsp3) is 0.571. The lowest BCUT2D eigenvalue weighted by Gasteiger charge is -2.31. The van der Waals surface area contributed by atoms with Crippen molar-refractivity contribution in [3.05, 3.63) is 17.3 Å². The quantitative estimate of drug-likeness (QED) is 0.931. The molecule has 3 heterocycles. The Kier molecular flexibility index (Phi) is 4.14. The lowest BCUT2D eigenvalue weighted by molar-refractivity contribution is 0.145. The van der Waals surface area contributed by atoms with Gasteiger partial charge in [-0.15, -0.1) is 11.3 Å². The Balaban J connectivity index is 1.80. The maximum atomic E-state index is 4.71. The van der Waals surface area contributed by atoms with Crippen LogP contribution >= 0.6 is 11.3 Å². The van der Waals surface area contributed by atoms with E-state index in [2.05, 4.69) is 40.5 Å². The van der Waals surface area contributed by atoms with Gasteiger partial charge in [-0.25, -0.2) is 9.97 Å². The van der Waals surface area contributed by atoms with Crippen molar-refractivity contribution in [2.24, 2.45) is 0 Å². The van der Waals surface area contributed by atoms with E-state index in [1.54, 1.807) is 11.3 Å². The number of hydrogen-bond acceptors (Lipinski definition) is 6. The molecule has 2 aromatic rings. The summed E-state index contributed by atoms with van der Waals surface area (Å²) < 4.78 is 0. The Labute approximate surface area is 123 Å². The molecule has 0 bridgehead atoms. The molecule has 0 unspecified atom stereocenters. The molecule has 2 aromatic heterocycles. The van der Waals surface area contributed by atoms with E-state index in [9.17, 15) is 0 Å². The van der Waals surface area contributed by atoms with Crippen LogP contribution in [-0.2, 0) is 6.54 Å². The van der Waals surface area contributed by atoms with Crippen LogP contribution in [0.3, 0.4) is 0 Å². The number of hydrogen-bond donors (Lipinski definition) is 1. The molecule has 1 aliphatic heterocycles. The topological polar surface area (TPSA) is 44.3 Å². The number of thiophene rings is 1. The monoisotopic (exact) mass is 291 g/mol. The van der Waals surface area contributed by atoms with Crippen LogP contribution < -0.4 is 5.32 Å². The third kappa shape index (κ3) is 2.92. The minimum Gasteiger partial charge on any atom is -0.370 e. The Morgan fingerprint density at radius 2 is 2.05 bits per heavy atom. The second-order valence-electron chi connectivity index (χ2n) is 5.24. The fourth-order valence-electron chi connectivity index (χ4n) is 2.48. The summed E-state index contributed by atoms with van der Waals surface area (Å²) in [6.07, 6.45) is 0. The Hall–Kier alpha value is -1.24. The summed E-state index contributed by atoms with van der Waals surface area (Å²) in [7, 11) is 2.18. The van der Waals surface area contributed by atoms with Crippen LogP contribution in [0.25, 0.3) is 10.2 Å². The molecule has 1 aliphatic rings. The molecule has 0 atom stereocenters. The SMILES string of the molecule is CCNc1nc(CN2CCN(C)CC2)nc2sccc12. The number of anilines is 1. The molecule has 0 spiro atoms. The Morgan fingerprint density at radius 1 is 1.25 bits per heavy atom. The summed E-state index contributed by atoms with van der Waals surface area (Å²) in [5.74, 6) is 1.91. The number of nitrogens with one attached hydrogen (secondary N) is 1. The highest BCUT2D eigenvalue weighted by Crippen LogP contribution is 2.25. The number of aromatic nitrogens is 2. The Bertz CT molecular complexity index is 574. The average molecular weight is 291 g/mol. The van der Waals surface area contributed by atoms with Gasteiger partial charge in [0.15, 0.2) is 0 Å². The molecule has 3 rings (SSSR count). The lowest BCUT2D eigenvalue weighted by atomic mass is 10.3. The third-order valence-electron chi connectivity index (χ3n) is 3.68. The van der Waals surface area contributed by atoms with Gasteiger partial charge in [0.05, 0.1) is 11.9 Å². The van der Waals surface area contributed by atoms with E-state index in [0.717, 1.165) is 61.1 Å². The van der Waals surface area contributed by atoms with Crippen LogP contribution in [0.1, 0.15) is 12.7 Å². The van der Waals surface area contributed by atoms with Gasteiger partial charge in [0, 0.05) is 32.7 Å². The maximum absolute atomic E-state index is 4.71. The zero-order valence-electron chi connectivity index (χ0n) is 12.1. The zero-order chi connectivity index (χ0) is 13.9. The van der Waals surface area contributed by atoms with Crippen LogP contribution in [-0.4, -0.2) is 59.5 Å². The number of fused-ring (bicyclic) bond motifs is 1. The molecule has 0 saturated carbocycles. The summed E-state index contributed by atoms with van der Waals surface area (Å²) in [6, 6.07) is 2.09. The van der Waals surface area contributed by atoms with Crippen molar-refractivity contribution in [3.63, 3.8) is 0 Å². The second-order valence-corrected chi connectivity index (χ2v) is 6.13. The molecule has 0 aliphatic carbocycles. The van der Waals surface area contributed by atoms with E-state index in [1.165, 1.54) is 0 Å². The van der Waals surface area contributed by atoms with E-state index in [4.69, 9.17) is 9.97 Å². The lowest BCUT2D eigenvalue weighted by Crippen LogP contribution is -2.44. The van der Waals surface area contributed by atoms with E-state index >= 15 is 0 Å². The molecular weight excluding hydrogens is 270 g/mol. The van der Waals surface area contributed by atoms with Crippen molar-refractivity contribution in [1.29, 1.82) is 0 Å². The highest BCUT2D eigenvalue weighted by atomic mass is 32.1. The summed E-state index contributed by atoms with van der Waals surface area (Å²) in [4.78, 5) is 15.3. The van der Waals surface area contributed by atoms with Crippen LogP contribution in [0.15, 0.2) is 11.4 Å². The molecule has 6 heteroatoms. The first-order valence-electron chi connectivity index (χ1n) is 7.15. The molecule has 108 valence electrons. The van der Waals surface area contributed by atoms with E-state index < -0.39 is 0 Å². The maximum Gasteiger partial charge on any atom is 0.146 e. The Morgan fingerprint density at radius 3 is 2.80 bits per heavy atom. The first-order valence-corrected chi connectivity index (χ1v) is 8.03. The highest BCUT2D eigenvalue weighted by molar-refractivity contribution is 7.16. The minimum absolute atomic E-state index is 0.847. The molecule has 1 saturated heterocycles. The third-order valence-corrected chi connectivity index (χ3v) is 4.48. The number of likely N-dealkylation sites (N-methyl/N-ethyl adjacent to an activating group) is 1. The van der Waals surface area contributed by atoms with Crippen molar-refractivity contribution < 1.29 is 0 Å². The molecule has 5 nitrogen and oxygen atoms in total. The molecular formula is C14H21N5S. The van der Waals surface area contributed by atoms with Crippen molar-refractivity contribution in [2.75, 3.05) is 45.1 Å². The first-order chi connectivity index (χ1) is 9.76. The van der Waals surface area contributed by atoms with Crippen LogP contribution in [0.4, 0.5) is 5.82 Å². The molecule has 1 N–H and O–H groups in total. The first kappa shape index (κ1) is 13.7. The van der Waals surface area contributed by atoms with Gasteiger partial charge >= 0.3 is 0 Å². The van der Waals surface area contributed by atoms with Gasteiger partial charge in [-0.2, -0.15) is 0 Å². The summed E-state index contributed by atoms with van der Waals surface area (Å²) in [6.45, 7) is 8.27. The molecule has 0 radical (unpaired) electrons. The van der Waals surface area contributed by atoms with Gasteiger partial charge in [0.2, 0.25) is 0 Å². The van der Waals surface area contributed by atoms with Gasteiger partial charge in [-0.1, -0.05) is 0 Å². The largest absolute Gasteiger partial charge is 0.370 e. The van der Waals surface area contributed by atoms with Gasteiger partial charge in [-0.3, -0.25) is 4.90 Å². The van der Waals surface area contributed by atoms with E-state index in [-0.39, 0.29) is 0 Å². The standard InChI is InChI=1S/C14H21N5S/c1-3-15-13-11-4-9-20-14(11)17-12(16-13)10-19-7-5-18(2)6-8-19/h4,9H,3,5-8,10H2,1-2H3,(H,15,16,17). The van der Waals surface area contributed by atoms with Crippen LogP contribution in [0.2, 0.25) is 0 Å². The fourth-order valence-corrected chi connectivity index (χ4v) is 3.26. The predicted molar refractivity (Wildman–Crippen MR) is 84.4 cm³/mol. The van der Waals surface area contributed by atoms with Gasteiger partial charge in [0.1, 0.15) is 16.5 Å². The van der Waals surface area contributed by atoms with Crippen molar-refractivity contribution in [3.8, 4) is 0 Å². The number of rotatable bonds is 4. The van der Waals surface area contributed by atoms with Crippen molar-refractivity contribution >= 4 is 27.4 Å². The number of piperazine rings is 1. The van der Waals surface area contributed by atoms with Crippen molar-refractivity contribution in [2.45, 2.75) is 13.5 Å². The second kappa shape index (κ2) is 6.03. The molecule has 20 heavy (non-hydrogen) atoms. The van der Waals surface area contributed by atoms with Gasteiger partial charge < -0.3 is 10.2 Å². The molecule has 0 amide bonds. The summed E-state index contributed by atoms with van der Waals surface area (Å²) >= 11 is 1.69. The molecule has 1 fully saturated rings. The zero-order valence-corrected chi connectivity index (χ0v) is 12.9. The predicted octanol–water partition coefficient (Wildman–Crippen LogP) is 1.87. The van der Waals surface area contributed by atoms with E-state index in [1.807, 2.05) is 0 Å².